The molecule has 1 saturated carbocycles. The van der Waals surface area contributed by atoms with E-state index >= 15 is 0 Å². The van der Waals surface area contributed by atoms with Crippen molar-refractivity contribution in [2.24, 2.45) is 11.8 Å². The molecule has 0 aromatic heterocycles. The summed E-state index contributed by atoms with van der Waals surface area (Å²) in [5.41, 5.74) is 0.580. The topological polar surface area (TPSA) is 98.9 Å². The Morgan fingerprint density at radius 1 is 1.26 bits per heavy atom. The summed E-state index contributed by atoms with van der Waals surface area (Å²) < 4.78 is 28.5. The van der Waals surface area contributed by atoms with Crippen LogP contribution in [0.25, 0.3) is 0 Å². The molecule has 8 nitrogen and oxygen atoms in total. The molecule has 2 heterocycles. The van der Waals surface area contributed by atoms with Gasteiger partial charge in [0, 0.05) is 7.11 Å². The van der Waals surface area contributed by atoms with Crippen LogP contribution in [0.2, 0.25) is 0 Å². The standard InChI is InChI=1S/C23H37NO7/c1-13(2)8-9-16-22(5,31-16)19-18(27-6)15(10-11-23(19)12-29-23)30-21(26)24-17(14(3)4)20(25)28-7/h8,14-19H,9-12H2,1-7H3,(H,24,26)/t15-,16-,17+,18?,19-,22+,23+/m1/s1. The maximum absolute atomic E-state index is 12.6. The Bertz CT molecular complexity index is 713. The van der Waals surface area contributed by atoms with Gasteiger partial charge in [0.15, 0.2) is 0 Å². The van der Waals surface area contributed by atoms with E-state index in [1.807, 2.05) is 13.8 Å². The van der Waals surface area contributed by atoms with Crippen LogP contribution in [0, 0.1) is 11.8 Å². The molecule has 0 radical (unpaired) electrons. The van der Waals surface area contributed by atoms with E-state index in [2.05, 4.69) is 32.2 Å². The van der Waals surface area contributed by atoms with Crippen molar-refractivity contribution in [3.63, 3.8) is 0 Å². The molecule has 1 aliphatic carbocycles. The number of alkyl carbamates (subject to hydrolysis) is 1. The molecule has 0 aromatic rings. The molecular formula is C23H37NO7. The molecule has 2 saturated heterocycles. The van der Waals surface area contributed by atoms with Gasteiger partial charge in [-0.05, 0) is 46.0 Å². The number of methoxy groups -OCH3 is 2. The Morgan fingerprint density at radius 3 is 2.45 bits per heavy atom. The molecule has 1 spiro atoms. The number of hydrogen-bond donors (Lipinski definition) is 1. The fourth-order valence-corrected chi connectivity index (χ4v) is 4.99. The Kier molecular flexibility index (Phi) is 7.03. The number of allylic oxidation sites excluding steroid dienone is 1. The van der Waals surface area contributed by atoms with Crippen LogP contribution in [0.15, 0.2) is 11.6 Å². The van der Waals surface area contributed by atoms with Crippen LogP contribution < -0.4 is 5.32 Å². The monoisotopic (exact) mass is 439 g/mol. The second-order valence-electron chi connectivity index (χ2n) is 9.71. The highest BCUT2D eigenvalue weighted by Gasteiger charge is 2.72. The first-order chi connectivity index (χ1) is 14.6. The van der Waals surface area contributed by atoms with Crippen molar-refractivity contribution < 1.29 is 33.3 Å². The zero-order valence-electron chi connectivity index (χ0n) is 19.7. The zero-order valence-corrected chi connectivity index (χ0v) is 19.7. The van der Waals surface area contributed by atoms with Crippen LogP contribution in [-0.2, 0) is 28.5 Å². The molecule has 0 aromatic carbocycles. The largest absolute Gasteiger partial charge is 0.467 e. The van der Waals surface area contributed by atoms with E-state index in [0.717, 1.165) is 12.8 Å². The summed E-state index contributed by atoms with van der Waals surface area (Å²) >= 11 is 0. The molecule has 31 heavy (non-hydrogen) atoms. The van der Waals surface area contributed by atoms with Gasteiger partial charge in [-0.3, -0.25) is 0 Å². The summed E-state index contributed by atoms with van der Waals surface area (Å²) in [6.45, 7) is 10.6. The van der Waals surface area contributed by atoms with Gasteiger partial charge < -0.3 is 29.0 Å². The Hall–Kier alpha value is -1.64. The molecule has 0 bridgehead atoms. The fraction of sp³-hybridized carbons (Fsp3) is 0.826. The quantitative estimate of drug-likeness (QED) is 0.353. The number of epoxide rings is 2. The number of hydrogen-bond acceptors (Lipinski definition) is 7. The van der Waals surface area contributed by atoms with Crippen molar-refractivity contribution in [2.75, 3.05) is 20.8 Å². The minimum atomic E-state index is -0.770. The summed E-state index contributed by atoms with van der Waals surface area (Å²) in [5, 5.41) is 2.64. The van der Waals surface area contributed by atoms with Gasteiger partial charge in [0.2, 0.25) is 0 Å². The number of amides is 1. The number of carbonyl (C=O) groups is 2. The lowest BCUT2D eigenvalue weighted by Gasteiger charge is -2.42. The summed E-state index contributed by atoms with van der Waals surface area (Å²) in [6.07, 6.45) is 3.04. The molecular weight excluding hydrogens is 402 g/mol. The number of nitrogens with one attached hydrogen (secondary N) is 1. The van der Waals surface area contributed by atoms with Crippen molar-refractivity contribution >= 4 is 12.1 Å². The Balaban J connectivity index is 1.71. The predicted molar refractivity (Wildman–Crippen MR) is 114 cm³/mol. The van der Waals surface area contributed by atoms with Crippen LogP contribution in [0.5, 0.6) is 0 Å². The van der Waals surface area contributed by atoms with E-state index in [1.54, 1.807) is 7.11 Å². The first-order valence-corrected chi connectivity index (χ1v) is 11.1. The minimum Gasteiger partial charge on any atom is -0.467 e. The normalized spacial score (nSPS) is 37.2. The average molecular weight is 440 g/mol. The molecule has 176 valence electrons. The summed E-state index contributed by atoms with van der Waals surface area (Å²) in [4.78, 5) is 24.6. The van der Waals surface area contributed by atoms with Crippen molar-refractivity contribution in [2.45, 2.75) is 89.4 Å². The molecule has 3 aliphatic rings. The number of ether oxygens (including phenoxy) is 5. The third kappa shape index (κ3) is 4.91. The van der Waals surface area contributed by atoms with E-state index < -0.39 is 29.8 Å². The molecule has 3 rings (SSSR count). The zero-order chi connectivity index (χ0) is 23.0. The summed E-state index contributed by atoms with van der Waals surface area (Å²) in [5.74, 6) is -0.674. The van der Waals surface area contributed by atoms with E-state index in [-0.39, 0.29) is 29.6 Å². The maximum Gasteiger partial charge on any atom is 0.408 e. The van der Waals surface area contributed by atoms with E-state index in [0.29, 0.717) is 13.0 Å². The lowest BCUT2D eigenvalue weighted by molar-refractivity contribution is -0.144. The summed E-state index contributed by atoms with van der Waals surface area (Å²) in [6, 6.07) is -0.770. The van der Waals surface area contributed by atoms with Gasteiger partial charge in [-0.1, -0.05) is 25.5 Å². The molecule has 3 fully saturated rings. The Labute approximate surface area is 185 Å². The molecule has 8 heteroatoms. The van der Waals surface area contributed by atoms with Crippen molar-refractivity contribution in [1.29, 1.82) is 0 Å². The van der Waals surface area contributed by atoms with Gasteiger partial charge in [-0.2, -0.15) is 0 Å². The predicted octanol–water partition coefficient (Wildman–Crippen LogP) is 2.99. The highest BCUT2D eigenvalue weighted by molar-refractivity contribution is 5.81. The van der Waals surface area contributed by atoms with Crippen LogP contribution >= 0.6 is 0 Å². The molecule has 1 unspecified atom stereocenters. The summed E-state index contributed by atoms with van der Waals surface area (Å²) in [7, 11) is 2.93. The molecule has 2 aliphatic heterocycles. The van der Waals surface area contributed by atoms with Crippen LogP contribution in [0.4, 0.5) is 4.79 Å². The van der Waals surface area contributed by atoms with E-state index in [4.69, 9.17) is 23.7 Å². The molecule has 7 atom stereocenters. The maximum atomic E-state index is 12.6. The van der Waals surface area contributed by atoms with E-state index in [9.17, 15) is 9.59 Å². The minimum absolute atomic E-state index is 0.0476. The average Bonchev–Trinajstić information content (AvgIpc) is 3.62. The lowest BCUT2D eigenvalue weighted by Crippen LogP contribution is -2.56. The number of carbonyl (C=O) groups excluding carboxylic acids is 2. The Morgan fingerprint density at radius 2 is 1.94 bits per heavy atom. The second kappa shape index (κ2) is 9.08. The van der Waals surface area contributed by atoms with Crippen LogP contribution in [0.1, 0.15) is 53.9 Å². The highest BCUT2D eigenvalue weighted by Crippen LogP contribution is 2.59. The van der Waals surface area contributed by atoms with Gasteiger partial charge in [-0.25, -0.2) is 9.59 Å². The van der Waals surface area contributed by atoms with E-state index in [1.165, 1.54) is 12.7 Å². The number of esters is 1. The van der Waals surface area contributed by atoms with Crippen molar-refractivity contribution in [1.82, 2.24) is 5.32 Å². The lowest BCUT2D eigenvalue weighted by atomic mass is 9.68. The van der Waals surface area contributed by atoms with Gasteiger partial charge in [0.05, 0.1) is 25.7 Å². The SMILES string of the molecule is COC(=O)[C@@H](NC(=O)O[C@@H]1CC[C@]2(CO2)[C@@H]([C@@]2(C)O[C@@H]2CC=C(C)C)C1OC)C(C)C. The van der Waals surface area contributed by atoms with Crippen LogP contribution in [0.3, 0.4) is 0 Å². The van der Waals surface area contributed by atoms with Crippen molar-refractivity contribution in [3.05, 3.63) is 11.6 Å². The van der Waals surface area contributed by atoms with Crippen molar-refractivity contribution in [3.8, 4) is 0 Å². The van der Waals surface area contributed by atoms with Gasteiger partial charge in [0.25, 0.3) is 0 Å². The molecule has 1 N–H and O–H groups in total. The smallest absolute Gasteiger partial charge is 0.408 e. The highest BCUT2D eigenvalue weighted by atomic mass is 16.6. The second-order valence-corrected chi connectivity index (χ2v) is 9.71. The fourth-order valence-electron chi connectivity index (χ4n) is 4.99. The van der Waals surface area contributed by atoms with Gasteiger partial charge in [-0.15, -0.1) is 0 Å². The third-order valence-electron chi connectivity index (χ3n) is 6.89. The first kappa shape index (κ1) is 24.0. The first-order valence-electron chi connectivity index (χ1n) is 11.1. The number of rotatable bonds is 8. The van der Waals surface area contributed by atoms with Gasteiger partial charge >= 0.3 is 12.1 Å². The van der Waals surface area contributed by atoms with Crippen LogP contribution in [-0.4, -0.2) is 68.4 Å². The third-order valence-corrected chi connectivity index (χ3v) is 6.89. The van der Waals surface area contributed by atoms with Gasteiger partial charge in [0.1, 0.15) is 29.5 Å². The molecule has 1 amide bonds.